The second kappa shape index (κ2) is 8.23. The minimum atomic E-state index is -3.90. The van der Waals surface area contributed by atoms with Crippen LogP contribution >= 0.6 is 15.9 Å². The summed E-state index contributed by atoms with van der Waals surface area (Å²) in [6.45, 7) is 2.38. The van der Waals surface area contributed by atoms with E-state index in [-0.39, 0.29) is 18.2 Å². The number of hydrogen-bond donors (Lipinski definition) is 3. The molecule has 0 radical (unpaired) electrons. The quantitative estimate of drug-likeness (QED) is 0.541. The van der Waals surface area contributed by atoms with E-state index in [0.717, 1.165) is 12.1 Å². The van der Waals surface area contributed by atoms with Crippen LogP contribution in [0.4, 0.5) is 5.82 Å². The molecule has 2 aromatic heterocycles. The Morgan fingerprint density at radius 3 is 2.85 bits per heavy atom. The Morgan fingerprint density at radius 1 is 1.41 bits per heavy atom. The van der Waals surface area contributed by atoms with E-state index in [1.165, 1.54) is 0 Å². The molecule has 27 heavy (non-hydrogen) atoms. The van der Waals surface area contributed by atoms with Gasteiger partial charge in [0.15, 0.2) is 10.8 Å². The summed E-state index contributed by atoms with van der Waals surface area (Å²) in [4.78, 5) is 4.19. The number of halogens is 1. The summed E-state index contributed by atoms with van der Waals surface area (Å²) in [6, 6.07) is 5.03. The van der Waals surface area contributed by atoms with E-state index in [2.05, 4.69) is 36.1 Å². The first-order valence-corrected chi connectivity index (χ1v) is 10.7. The van der Waals surface area contributed by atoms with Crippen molar-refractivity contribution in [1.82, 2.24) is 14.9 Å². The zero-order chi connectivity index (χ0) is 19.5. The van der Waals surface area contributed by atoms with Crippen LogP contribution in [0.3, 0.4) is 0 Å². The number of aryl methyl sites for hydroxylation is 1. The number of sulfonamides is 1. The van der Waals surface area contributed by atoms with Crippen LogP contribution in [0.1, 0.15) is 24.3 Å². The molecule has 0 saturated carbocycles. The van der Waals surface area contributed by atoms with Gasteiger partial charge in [-0.25, -0.2) is 18.1 Å². The van der Waals surface area contributed by atoms with Crippen LogP contribution in [0.2, 0.25) is 0 Å². The van der Waals surface area contributed by atoms with Crippen molar-refractivity contribution in [3.05, 3.63) is 34.1 Å². The van der Waals surface area contributed by atoms with Gasteiger partial charge in [-0.15, -0.1) is 0 Å². The van der Waals surface area contributed by atoms with E-state index < -0.39 is 15.6 Å². The van der Waals surface area contributed by atoms with Crippen molar-refractivity contribution in [3.8, 4) is 0 Å². The molecular weight excluding hydrogens is 440 g/mol. The van der Waals surface area contributed by atoms with Crippen molar-refractivity contribution in [2.75, 3.05) is 25.1 Å². The SMILES string of the molecule is Cc1cc(CNc2ccc(Br)c(S(=O)(=O)NCC3(CO)CCCO3)n2)on1. The van der Waals surface area contributed by atoms with E-state index in [4.69, 9.17) is 9.26 Å². The lowest BCUT2D eigenvalue weighted by molar-refractivity contribution is -0.0334. The lowest BCUT2D eigenvalue weighted by Gasteiger charge is -2.26. The van der Waals surface area contributed by atoms with Crippen LogP contribution in [-0.2, 0) is 21.3 Å². The van der Waals surface area contributed by atoms with Gasteiger partial charge < -0.3 is 19.7 Å². The number of ether oxygens (including phenoxy) is 1. The number of anilines is 1. The topological polar surface area (TPSA) is 127 Å². The molecule has 148 valence electrons. The van der Waals surface area contributed by atoms with Crippen molar-refractivity contribution in [1.29, 1.82) is 0 Å². The van der Waals surface area contributed by atoms with Gasteiger partial charge in [-0.1, -0.05) is 5.16 Å². The third kappa shape index (κ3) is 4.85. The van der Waals surface area contributed by atoms with Crippen molar-refractivity contribution in [2.45, 2.75) is 36.9 Å². The molecule has 1 unspecified atom stereocenters. The van der Waals surface area contributed by atoms with Crippen LogP contribution < -0.4 is 10.0 Å². The zero-order valence-electron chi connectivity index (χ0n) is 14.7. The summed E-state index contributed by atoms with van der Waals surface area (Å²) in [7, 11) is -3.90. The molecule has 1 aliphatic rings. The Hall–Kier alpha value is -1.53. The molecule has 0 aliphatic carbocycles. The lowest BCUT2D eigenvalue weighted by Crippen LogP contribution is -2.45. The Bertz CT molecular complexity index is 896. The molecule has 0 spiro atoms. The molecule has 1 aliphatic heterocycles. The van der Waals surface area contributed by atoms with E-state index in [1.807, 2.05) is 6.92 Å². The fourth-order valence-electron chi connectivity index (χ4n) is 2.76. The minimum absolute atomic E-state index is 0.0189. The predicted molar refractivity (Wildman–Crippen MR) is 101 cm³/mol. The van der Waals surface area contributed by atoms with Gasteiger partial charge in [0.2, 0.25) is 0 Å². The van der Waals surface area contributed by atoms with Gasteiger partial charge >= 0.3 is 0 Å². The van der Waals surface area contributed by atoms with Crippen molar-refractivity contribution in [2.24, 2.45) is 0 Å². The van der Waals surface area contributed by atoms with Crippen LogP contribution in [-0.4, -0.2) is 49.0 Å². The van der Waals surface area contributed by atoms with Crippen LogP contribution in [0, 0.1) is 6.92 Å². The molecule has 3 N–H and O–H groups in total. The Labute approximate surface area is 165 Å². The van der Waals surface area contributed by atoms with Gasteiger partial charge in [-0.2, -0.15) is 0 Å². The first-order chi connectivity index (χ1) is 12.8. The highest BCUT2D eigenvalue weighted by atomic mass is 79.9. The van der Waals surface area contributed by atoms with Gasteiger partial charge in [-0.05, 0) is 47.8 Å². The molecule has 1 atom stereocenters. The largest absolute Gasteiger partial charge is 0.393 e. The highest BCUT2D eigenvalue weighted by Crippen LogP contribution is 2.26. The van der Waals surface area contributed by atoms with Gasteiger partial charge in [0.25, 0.3) is 10.0 Å². The zero-order valence-corrected chi connectivity index (χ0v) is 17.1. The van der Waals surface area contributed by atoms with Gasteiger partial charge in [-0.3, -0.25) is 0 Å². The number of nitrogens with one attached hydrogen (secondary N) is 2. The van der Waals surface area contributed by atoms with Gasteiger partial charge in [0, 0.05) is 19.2 Å². The second-order valence-corrected chi connectivity index (χ2v) is 8.93. The fourth-order valence-corrected chi connectivity index (χ4v) is 4.75. The summed E-state index contributed by atoms with van der Waals surface area (Å²) in [5, 5.41) is 16.2. The van der Waals surface area contributed by atoms with Gasteiger partial charge in [0.1, 0.15) is 11.4 Å². The molecule has 2 aromatic rings. The van der Waals surface area contributed by atoms with E-state index in [1.54, 1.807) is 18.2 Å². The number of pyridine rings is 1. The molecule has 3 rings (SSSR count). The standard InChI is InChI=1S/C16H21BrN4O5S/c1-11-7-12(26-21-11)8-18-14-4-3-13(17)15(20-14)27(23,24)19-9-16(10-22)5-2-6-25-16/h3-4,7,19,22H,2,5-6,8-10H2,1H3,(H,18,20). The smallest absolute Gasteiger partial charge is 0.259 e. The van der Waals surface area contributed by atoms with Crippen LogP contribution in [0.5, 0.6) is 0 Å². The maximum absolute atomic E-state index is 12.7. The molecule has 1 saturated heterocycles. The molecular formula is C16H21BrN4O5S. The summed E-state index contributed by atoms with van der Waals surface area (Å²) in [5.41, 5.74) is -0.116. The number of aliphatic hydroxyl groups excluding tert-OH is 1. The van der Waals surface area contributed by atoms with Crippen LogP contribution in [0.15, 0.2) is 32.2 Å². The number of rotatable bonds is 8. The van der Waals surface area contributed by atoms with Crippen LogP contribution in [0.25, 0.3) is 0 Å². The summed E-state index contributed by atoms with van der Waals surface area (Å²) < 4.78 is 38.9. The predicted octanol–water partition coefficient (Wildman–Crippen LogP) is 1.57. The molecule has 9 nitrogen and oxygen atoms in total. The van der Waals surface area contributed by atoms with Crippen molar-refractivity contribution < 1.29 is 22.8 Å². The Kier molecular flexibility index (Phi) is 6.16. The fraction of sp³-hybridized carbons (Fsp3) is 0.500. The maximum atomic E-state index is 12.7. The number of nitrogens with zero attached hydrogens (tertiary/aromatic N) is 2. The number of hydrogen-bond acceptors (Lipinski definition) is 8. The lowest BCUT2D eigenvalue weighted by atomic mass is 10.0. The molecule has 3 heterocycles. The molecule has 0 bridgehead atoms. The molecule has 0 aromatic carbocycles. The first-order valence-electron chi connectivity index (χ1n) is 8.41. The normalized spacial score (nSPS) is 20.1. The van der Waals surface area contributed by atoms with Crippen molar-refractivity contribution >= 4 is 31.8 Å². The van der Waals surface area contributed by atoms with Crippen molar-refractivity contribution in [3.63, 3.8) is 0 Å². The summed E-state index contributed by atoms with van der Waals surface area (Å²) in [5.74, 6) is 0.990. The number of aliphatic hydroxyl groups is 1. The molecule has 1 fully saturated rings. The maximum Gasteiger partial charge on any atom is 0.259 e. The summed E-state index contributed by atoms with van der Waals surface area (Å²) >= 11 is 3.23. The first kappa shape index (κ1) is 20.2. The average molecular weight is 461 g/mol. The highest BCUT2D eigenvalue weighted by molar-refractivity contribution is 9.10. The number of aromatic nitrogens is 2. The third-order valence-electron chi connectivity index (χ3n) is 4.25. The Morgan fingerprint density at radius 2 is 2.22 bits per heavy atom. The van der Waals surface area contributed by atoms with Gasteiger partial charge in [0.05, 0.1) is 23.3 Å². The van der Waals surface area contributed by atoms with E-state index >= 15 is 0 Å². The Balaban J connectivity index is 1.72. The minimum Gasteiger partial charge on any atom is -0.393 e. The molecule has 11 heteroatoms. The van der Waals surface area contributed by atoms with E-state index in [0.29, 0.717) is 35.6 Å². The summed E-state index contributed by atoms with van der Waals surface area (Å²) in [6.07, 6.45) is 1.38. The highest BCUT2D eigenvalue weighted by Gasteiger charge is 2.36. The monoisotopic (exact) mass is 460 g/mol. The average Bonchev–Trinajstić information content (AvgIpc) is 3.29. The third-order valence-corrected chi connectivity index (χ3v) is 6.49. The molecule has 0 amide bonds. The second-order valence-electron chi connectivity index (χ2n) is 6.39. The van der Waals surface area contributed by atoms with E-state index in [9.17, 15) is 13.5 Å².